The number of aromatic amines is 1. The third-order valence-electron chi connectivity index (χ3n) is 3.02. The van der Waals surface area contributed by atoms with Crippen LogP contribution in [0.15, 0.2) is 53.1 Å². The number of aromatic nitrogens is 1. The van der Waals surface area contributed by atoms with Crippen molar-refractivity contribution in [3.8, 4) is 0 Å². The Kier molecular flexibility index (Phi) is 3.51. The molecule has 1 aromatic heterocycles. The molecule has 0 atom stereocenters. The van der Waals surface area contributed by atoms with Crippen LogP contribution in [0.3, 0.4) is 0 Å². The number of fused-ring (bicyclic) bond motifs is 1. The van der Waals surface area contributed by atoms with Gasteiger partial charge in [-0.25, -0.2) is 0 Å². The van der Waals surface area contributed by atoms with E-state index in [1.807, 2.05) is 24.4 Å². The van der Waals surface area contributed by atoms with Crippen LogP contribution in [0.5, 0.6) is 0 Å². The molecule has 20 heavy (non-hydrogen) atoms. The van der Waals surface area contributed by atoms with Crippen LogP contribution >= 0.6 is 27.5 Å². The molecule has 0 spiro atoms. The van der Waals surface area contributed by atoms with E-state index in [1.165, 1.54) is 0 Å². The van der Waals surface area contributed by atoms with E-state index in [0.29, 0.717) is 20.7 Å². The molecule has 0 radical (unpaired) electrons. The molecule has 3 nitrogen and oxygen atoms in total. The van der Waals surface area contributed by atoms with Crippen LogP contribution in [0.1, 0.15) is 10.4 Å². The molecular weight excluding hydrogens is 340 g/mol. The van der Waals surface area contributed by atoms with Crippen molar-refractivity contribution in [3.05, 3.63) is 63.7 Å². The fourth-order valence-electron chi connectivity index (χ4n) is 1.98. The van der Waals surface area contributed by atoms with Crippen LogP contribution in [0.2, 0.25) is 5.02 Å². The molecule has 2 aromatic carbocycles. The fraction of sp³-hybridized carbons (Fsp3) is 0. The number of carbonyl (C=O) groups is 1. The smallest absolute Gasteiger partial charge is 0.255 e. The number of amides is 1. The third kappa shape index (κ3) is 2.44. The predicted octanol–water partition coefficient (Wildman–Crippen LogP) is 4.84. The minimum atomic E-state index is -0.176. The maximum Gasteiger partial charge on any atom is 0.255 e. The Labute approximate surface area is 129 Å². The monoisotopic (exact) mass is 348 g/mol. The van der Waals surface area contributed by atoms with Crippen LogP contribution in [-0.2, 0) is 0 Å². The largest absolute Gasteiger partial charge is 0.361 e. The molecule has 100 valence electrons. The van der Waals surface area contributed by atoms with E-state index < -0.39 is 0 Å². The average molecular weight is 350 g/mol. The molecule has 0 aliphatic heterocycles. The molecule has 5 heteroatoms. The second-order valence-electron chi connectivity index (χ2n) is 4.34. The molecule has 0 saturated carbocycles. The first-order valence-corrected chi connectivity index (χ1v) is 7.15. The lowest BCUT2D eigenvalue weighted by atomic mass is 10.1. The lowest BCUT2D eigenvalue weighted by Crippen LogP contribution is -2.12. The number of hydrogen-bond donors (Lipinski definition) is 2. The highest BCUT2D eigenvalue weighted by molar-refractivity contribution is 9.10. The lowest BCUT2D eigenvalue weighted by Gasteiger charge is -2.08. The number of H-pyrrole nitrogens is 1. The summed E-state index contributed by atoms with van der Waals surface area (Å²) in [5.41, 5.74) is 2.17. The second-order valence-corrected chi connectivity index (χ2v) is 5.54. The molecule has 3 rings (SSSR count). The van der Waals surface area contributed by atoms with Gasteiger partial charge in [0, 0.05) is 17.3 Å². The Balaban J connectivity index is 1.90. The summed E-state index contributed by atoms with van der Waals surface area (Å²) >= 11 is 9.37. The number of nitrogens with one attached hydrogen (secondary N) is 2. The Morgan fingerprint density at radius 2 is 2.05 bits per heavy atom. The summed E-state index contributed by atoms with van der Waals surface area (Å²) in [6.45, 7) is 0. The highest BCUT2D eigenvalue weighted by atomic mass is 79.9. The van der Waals surface area contributed by atoms with E-state index in [1.54, 1.807) is 24.3 Å². The Morgan fingerprint density at radius 1 is 1.20 bits per heavy atom. The van der Waals surface area contributed by atoms with Crippen LogP contribution in [0.4, 0.5) is 5.69 Å². The number of halogens is 2. The molecule has 1 amide bonds. The van der Waals surface area contributed by atoms with Crippen LogP contribution in [0, 0.1) is 0 Å². The summed E-state index contributed by atoms with van der Waals surface area (Å²) in [6, 6.07) is 12.8. The van der Waals surface area contributed by atoms with E-state index in [0.717, 1.165) is 10.9 Å². The Morgan fingerprint density at radius 3 is 2.90 bits per heavy atom. The zero-order valence-electron chi connectivity index (χ0n) is 10.3. The minimum Gasteiger partial charge on any atom is -0.361 e. The van der Waals surface area contributed by atoms with E-state index in [-0.39, 0.29) is 5.91 Å². The van der Waals surface area contributed by atoms with Crippen LogP contribution < -0.4 is 5.32 Å². The molecule has 0 aliphatic carbocycles. The summed E-state index contributed by atoms with van der Waals surface area (Å²) in [4.78, 5) is 15.3. The van der Waals surface area contributed by atoms with Gasteiger partial charge in [0.25, 0.3) is 5.91 Å². The summed E-state index contributed by atoms with van der Waals surface area (Å²) < 4.78 is 0.677. The van der Waals surface area contributed by atoms with Gasteiger partial charge in [-0.2, -0.15) is 0 Å². The zero-order valence-corrected chi connectivity index (χ0v) is 12.6. The van der Waals surface area contributed by atoms with Crippen LogP contribution in [0.25, 0.3) is 10.9 Å². The molecule has 1 heterocycles. The van der Waals surface area contributed by atoms with Gasteiger partial charge in [-0.3, -0.25) is 4.79 Å². The average Bonchev–Trinajstić information content (AvgIpc) is 2.91. The predicted molar refractivity (Wildman–Crippen MR) is 85.4 cm³/mol. The van der Waals surface area contributed by atoms with Gasteiger partial charge in [0.2, 0.25) is 0 Å². The van der Waals surface area contributed by atoms with Gasteiger partial charge in [0.15, 0.2) is 0 Å². The molecule has 0 unspecified atom stereocenters. The van der Waals surface area contributed by atoms with Gasteiger partial charge in [0.05, 0.1) is 15.2 Å². The number of hydrogen-bond acceptors (Lipinski definition) is 1. The maximum absolute atomic E-state index is 12.3. The lowest BCUT2D eigenvalue weighted by molar-refractivity contribution is 0.102. The third-order valence-corrected chi connectivity index (χ3v) is 4.41. The van der Waals surface area contributed by atoms with Crippen molar-refractivity contribution in [2.75, 3.05) is 5.32 Å². The first kappa shape index (κ1) is 13.2. The SMILES string of the molecule is O=C(Nc1cccc(Cl)c1Br)c1ccc2cc[nH]c2c1. The molecule has 0 fully saturated rings. The van der Waals surface area contributed by atoms with Crippen molar-refractivity contribution in [2.24, 2.45) is 0 Å². The van der Waals surface area contributed by atoms with E-state index in [9.17, 15) is 4.79 Å². The van der Waals surface area contributed by atoms with E-state index in [4.69, 9.17) is 11.6 Å². The van der Waals surface area contributed by atoms with E-state index >= 15 is 0 Å². The molecular formula is C15H10BrClN2O. The Hall–Kier alpha value is -1.78. The highest BCUT2D eigenvalue weighted by Gasteiger charge is 2.10. The summed E-state index contributed by atoms with van der Waals surface area (Å²) in [6.07, 6.45) is 1.85. The number of rotatable bonds is 2. The minimum absolute atomic E-state index is 0.176. The van der Waals surface area contributed by atoms with Gasteiger partial charge in [-0.1, -0.05) is 23.7 Å². The van der Waals surface area contributed by atoms with Crippen molar-refractivity contribution >= 4 is 50.0 Å². The normalized spacial score (nSPS) is 10.7. The van der Waals surface area contributed by atoms with Gasteiger partial charge < -0.3 is 10.3 Å². The summed E-state index contributed by atoms with van der Waals surface area (Å²) in [5, 5.41) is 4.47. The van der Waals surface area contributed by atoms with Crippen LogP contribution in [-0.4, -0.2) is 10.9 Å². The second kappa shape index (κ2) is 5.31. The number of anilines is 1. The molecule has 0 saturated heterocycles. The van der Waals surface area contributed by atoms with Gasteiger partial charge in [-0.15, -0.1) is 0 Å². The highest BCUT2D eigenvalue weighted by Crippen LogP contribution is 2.30. The first-order chi connectivity index (χ1) is 9.65. The Bertz CT molecular complexity index is 797. The summed E-state index contributed by atoms with van der Waals surface area (Å²) in [7, 11) is 0. The fourth-order valence-corrected chi connectivity index (χ4v) is 2.52. The van der Waals surface area contributed by atoms with Crippen molar-refractivity contribution in [3.63, 3.8) is 0 Å². The first-order valence-electron chi connectivity index (χ1n) is 5.97. The molecule has 3 aromatic rings. The van der Waals surface area contributed by atoms with E-state index in [2.05, 4.69) is 26.2 Å². The van der Waals surface area contributed by atoms with Crippen molar-refractivity contribution in [1.82, 2.24) is 4.98 Å². The van der Waals surface area contributed by atoms with Gasteiger partial charge >= 0.3 is 0 Å². The maximum atomic E-state index is 12.3. The molecule has 2 N–H and O–H groups in total. The number of benzene rings is 2. The molecule has 0 bridgehead atoms. The van der Waals surface area contributed by atoms with Gasteiger partial charge in [-0.05, 0) is 51.6 Å². The molecule has 0 aliphatic rings. The van der Waals surface area contributed by atoms with Crippen molar-refractivity contribution < 1.29 is 4.79 Å². The van der Waals surface area contributed by atoms with Gasteiger partial charge in [0.1, 0.15) is 0 Å². The van der Waals surface area contributed by atoms with Crippen molar-refractivity contribution in [1.29, 1.82) is 0 Å². The standard InChI is InChI=1S/C15H10BrClN2O/c16-14-11(17)2-1-3-12(14)19-15(20)10-5-4-9-6-7-18-13(9)8-10/h1-8,18H,(H,19,20). The van der Waals surface area contributed by atoms with Crippen molar-refractivity contribution in [2.45, 2.75) is 0 Å². The summed E-state index contributed by atoms with van der Waals surface area (Å²) in [5.74, 6) is -0.176. The topological polar surface area (TPSA) is 44.9 Å². The quantitative estimate of drug-likeness (QED) is 0.683. The zero-order chi connectivity index (χ0) is 14.1. The number of carbonyl (C=O) groups excluding carboxylic acids is 1.